The quantitative estimate of drug-likeness (QED) is 0.752. The maximum absolute atomic E-state index is 8.72. The Balaban J connectivity index is 1.48. The van der Waals surface area contributed by atoms with Crippen LogP contribution in [0.1, 0.15) is 30.9 Å². The number of piperidine rings is 1. The largest absolute Gasteiger partial charge is 0.371 e. The Morgan fingerprint density at radius 2 is 1.85 bits per heavy atom. The normalized spacial score (nSPS) is 16.4. The second-order valence-corrected chi connectivity index (χ2v) is 7.61. The van der Waals surface area contributed by atoms with Gasteiger partial charge in [-0.15, -0.1) is 0 Å². The van der Waals surface area contributed by atoms with Crippen molar-refractivity contribution in [1.82, 2.24) is 5.32 Å². The Labute approximate surface area is 167 Å². The fourth-order valence-corrected chi connectivity index (χ4v) is 3.59. The lowest BCUT2D eigenvalue weighted by Crippen LogP contribution is -2.34. The molecule has 1 fully saturated rings. The number of anilines is 2. The second kappa shape index (κ2) is 9.38. The van der Waals surface area contributed by atoms with Crippen LogP contribution in [0.25, 0.3) is 0 Å². The maximum Gasteiger partial charge on any atom is 0.171 e. The molecule has 5 heteroatoms. The Hall–Kier alpha value is -2.58. The van der Waals surface area contributed by atoms with Crippen molar-refractivity contribution in [2.24, 2.45) is 5.92 Å². The molecule has 140 valence electrons. The summed E-state index contributed by atoms with van der Waals surface area (Å²) in [5.41, 5.74) is 4.44. The molecule has 2 aromatic rings. The summed E-state index contributed by atoms with van der Waals surface area (Å²) in [6.07, 6.45) is 3.04. The van der Waals surface area contributed by atoms with Crippen molar-refractivity contribution in [1.29, 1.82) is 5.26 Å². The van der Waals surface area contributed by atoms with Crippen molar-refractivity contribution in [2.45, 2.75) is 32.7 Å². The Bertz CT molecular complexity index is 793. The number of nitriles is 1. The highest BCUT2D eigenvalue weighted by molar-refractivity contribution is 7.80. The van der Waals surface area contributed by atoms with Crippen molar-refractivity contribution in [3.63, 3.8) is 0 Å². The monoisotopic (exact) mass is 378 g/mol. The molecule has 1 aliphatic rings. The van der Waals surface area contributed by atoms with Crippen LogP contribution in [0, 0.1) is 17.2 Å². The molecule has 0 amide bonds. The second-order valence-electron chi connectivity index (χ2n) is 7.20. The maximum atomic E-state index is 8.72. The first-order valence-corrected chi connectivity index (χ1v) is 9.89. The van der Waals surface area contributed by atoms with Gasteiger partial charge in [0.05, 0.1) is 12.5 Å². The summed E-state index contributed by atoms with van der Waals surface area (Å²) in [5.74, 6) is 0.775. The molecule has 1 heterocycles. The predicted molar refractivity (Wildman–Crippen MR) is 116 cm³/mol. The first kappa shape index (κ1) is 19.2. The number of benzene rings is 2. The van der Waals surface area contributed by atoms with Gasteiger partial charge in [-0.25, -0.2) is 0 Å². The number of hydrogen-bond donors (Lipinski definition) is 2. The average Bonchev–Trinajstić information content (AvgIpc) is 2.68. The molecule has 3 rings (SSSR count). The number of hydrogen-bond acceptors (Lipinski definition) is 3. The zero-order chi connectivity index (χ0) is 19.1. The fraction of sp³-hybridized carbons (Fsp3) is 0.364. The minimum atomic E-state index is 0.426. The van der Waals surface area contributed by atoms with Crippen molar-refractivity contribution in [3.05, 3.63) is 59.7 Å². The fourth-order valence-electron chi connectivity index (χ4n) is 3.40. The van der Waals surface area contributed by atoms with E-state index in [1.807, 2.05) is 24.3 Å². The highest BCUT2D eigenvalue weighted by Gasteiger charge is 2.16. The van der Waals surface area contributed by atoms with Gasteiger partial charge in [0, 0.05) is 31.0 Å². The summed E-state index contributed by atoms with van der Waals surface area (Å²) >= 11 is 5.38. The molecule has 0 aliphatic carbocycles. The van der Waals surface area contributed by atoms with E-state index < -0.39 is 0 Å². The number of rotatable bonds is 5. The van der Waals surface area contributed by atoms with Crippen molar-refractivity contribution in [2.75, 3.05) is 23.3 Å². The molecule has 1 atom stereocenters. The molecule has 2 aromatic carbocycles. The lowest BCUT2D eigenvalue weighted by Gasteiger charge is -2.32. The van der Waals surface area contributed by atoms with Gasteiger partial charge < -0.3 is 15.5 Å². The van der Waals surface area contributed by atoms with Gasteiger partial charge in [0.1, 0.15) is 0 Å². The van der Waals surface area contributed by atoms with E-state index in [0.717, 1.165) is 30.3 Å². The van der Waals surface area contributed by atoms with Gasteiger partial charge in [0.15, 0.2) is 5.11 Å². The molecule has 1 unspecified atom stereocenters. The first-order chi connectivity index (χ1) is 13.1. The summed E-state index contributed by atoms with van der Waals surface area (Å²) in [4.78, 5) is 2.48. The van der Waals surface area contributed by atoms with E-state index in [2.05, 4.69) is 52.8 Å². The zero-order valence-corrected chi connectivity index (χ0v) is 16.6. The van der Waals surface area contributed by atoms with Crippen LogP contribution in [0.5, 0.6) is 0 Å². The van der Waals surface area contributed by atoms with Crippen molar-refractivity contribution < 1.29 is 0 Å². The highest BCUT2D eigenvalue weighted by atomic mass is 32.1. The average molecular weight is 379 g/mol. The molecule has 1 aliphatic heterocycles. The Morgan fingerprint density at radius 3 is 2.52 bits per heavy atom. The predicted octanol–water partition coefficient (Wildman–Crippen LogP) is 4.48. The van der Waals surface area contributed by atoms with Gasteiger partial charge in [0.25, 0.3) is 0 Å². The van der Waals surface area contributed by atoms with Gasteiger partial charge in [-0.05, 0) is 66.4 Å². The molecular formula is C22H26N4S. The van der Waals surface area contributed by atoms with Crippen LogP contribution in [0.2, 0.25) is 0 Å². The zero-order valence-electron chi connectivity index (χ0n) is 15.7. The van der Waals surface area contributed by atoms with Gasteiger partial charge >= 0.3 is 0 Å². The van der Waals surface area contributed by atoms with E-state index in [9.17, 15) is 0 Å². The van der Waals surface area contributed by atoms with Crippen LogP contribution in [-0.2, 0) is 13.0 Å². The summed E-state index contributed by atoms with van der Waals surface area (Å²) in [6.45, 7) is 5.33. The molecule has 1 saturated heterocycles. The molecule has 0 aromatic heterocycles. The number of thiocarbonyl (C=S) groups is 1. The Kier molecular flexibility index (Phi) is 6.67. The molecule has 27 heavy (non-hydrogen) atoms. The summed E-state index contributed by atoms with van der Waals surface area (Å²) < 4.78 is 0. The third kappa shape index (κ3) is 5.70. The van der Waals surface area contributed by atoms with Gasteiger partial charge in [-0.2, -0.15) is 5.26 Å². The van der Waals surface area contributed by atoms with Crippen molar-refractivity contribution in [3.8, 4) is 6.07 Å². The van der Waals surface area contributed by atoms with Crippen LogP contribution in [-0.4, -0.2) is 18.2 Å². The summed E-state index contributed by atoms with van der Waals surface area (Å²) in [7, 11) is 0. The van der Waals surface area contributed by atoms with E-state index in [0.29, 0.717) is 18.1 Å². The lowest BCUT2D eigenvalue weighted by molar-refractivity contribution is 0.447. The Morgan fingerprint density at radius 1 is 1.15 bits per heavy atom. The smallest absolute Gasteiger partial charge is 0.171 e. The van der Waals surface area contributed by atoms with Crippen LogP contribution >= 0.6 is 12.2 Å². The van der Waals surface area contributed by atoms with E-state index in [1.165, 1.54) is 24.1 Å². The SMILES string of the molecule is CC1CCCN(c2ccc(CNC(=S)Nc3ccc(CC#N)cc3)cc2)C1. The lowest BCUT2D eigenvalue weighted by atomic mass is 9.99. The van der Waals surface area contributed by atoms with Crippen molar-refractivity contribution >= 4 is 28.7 Å². The van der Waals surface area contributed by atoms with Crippen LogP contribution in [0.3, 0.4) is 0 Å². The van der Waals surface area contributed by atoms with Crippen LogP contribution in [0.4, 0.5) is 11.4 Å². The van der Waals surface area contributed by atoms with Crippen LogP contribution < -0.4 is 15.5 Å². The number of nitrogens with one attached hydrogen (secondary N) is 2. The molecule has 0 radical (unpaired) electrons. The molecule has 4 nitrogen and oxygen atoms in total. The standard InChI is InChI=1S/C22H26N4S/c1-17-3-2-14-26(16-17)21-10-6-19(7-11-21)15-24-22(27)25-20-8-4-18(5-9-20)12-13-23/h4-11,17H,2-3,12,14-16H2,1H3,(H2,24,25,27). The molecule has 2 N–H and O–H groups in total. The van der Waals surface area contributed by atoms with E-state index >= 15 is 0 Å². The molecule has 0 bridgehead atoms. The van der Waals surface area contributed by atoms with Crippen LogP contribution in [0.15, 0.2) is 48.5 Å². The molecular weight excluding hydrogens is 352 g/mol. The van der Waals surface area contributed by atoms with Gasteiger partial charge in [-0.3, -0.25) is 0 Å². The first-order valence-electron chi connectivity index (χ1n) is 9.48. The third-order valence-corrected chi connectivity index (χ3v) is 5.15. The van der Waals surface area contributed by atoms with Gasteiger partial charge in [0.2, 0.25) is 0 Å². The third-order valence-electron chi connectivity index (χ3n) is 4.91. The summed E-state index contributed by atoms with van der Waals surface area (Å²) in [5, 5.41) is 15.7. The number of nitrogens with zero attached hydrogens (tertiary/aromatic N) is 2. The van der Waals surface area contributed by atoms with Gasteiger partial charge in [-0.1, -0.05) is 31.2 Å². The highest BCUT2D eigenvalue weighted by Crippen LogP contribution is 2.23. The van der Waals surface area contributed by atoms with E-state index in [-0.39, 0.29) is 0 Å². The van der Waals surface area contributed by atoms with E-state index in [1.54, 1.807) is 0 Å². The minimum Gasteiger partial charge on any atom is -0.371 e. The summed E-state index contributed by atoms with van der Waals surface area (Å²) in [6, 6.07) is 18.7. The van der Waals surface area contributed by atoms with E-state index in [4.69, 9.17) is 17.5 Å². The molecule has 0 saturated carbocycles. The molecule has 0 spiro atoms. The topological polar surface area (TPSA) is 51.1 Å². The minimum absolute atomic E-state index is 0.426.